The minimum atomic E-state index is -1.00. The number of aliphatic hydroxyl groups is 1. The van der Waals surface area contributed by atoms with Gasteiger partial charge in [0.1, 0.15) is 0 Å². The summed E-state index contributed by atoms with van der Waals surface area (Å²) in [7, 11) is 0. The molecule has 0 aliphatic rings. The van der Waals surface area contributed by atoms with Crippen molar-refractivity contribution >= 4 is 11.9 Å². The highest BCUT2D eigenvalue weighted by Crippen LogP contribution is 2.17. The molecular weight excluding hydrogens is 753 g/mol. The van der Waals surface area contributed by atoms with Crippen LogP contribution in [-0.4, -0.2) is 34.9 Å². The Bertz CT molecular complexity index is 769. The van der Waals surface area contributed by atoms with Crippen LogP contribution in [0.15, 0.2) is 0 Å². The Morgan fingerprint density at radius 1 is 0.328 bits per heavy atom. The van der Waals surface area contributed by atoms with Crippen LogP contribution in [0.25, 0.3) is 0 Å². The highest BCUT2D eigenvalue weighted by atomic mass is 16.6. The van der Waals surface area contributed by atoms with Crippen LogP contribution in [0.2, 0.25) is 0 Å². The Hall–Kier alpha value is -1.10. The fourth-order valence-corrected chi connectivity index (χ4v) is 8.07. The number of carbonyl (C=O) groups excluding carboxylic acids is 1. The molecule has 0 saturated carbocycles. The van der Waals surface area contributed by atoms with Crippen LogP contribution >= 0.6 is 0 Å². The van der Waals surface area contributed by atoms with Crippen molar-refractivity contribution < 1.29 is 24.5 Å². The average Bonchev–Trinajstić information content (AvgIpc) is 3.26. The van der Waals surface area contributed by atoms with E-state index in [1.807, 2.05) is 0 Å². The van der Waals surface area contributed by atoms with Crippen molar-refractivity contribution in [3.63, 3.8) is 0 Å². The van der Waals surface area contributed by atoms with Crippen LogP contribution in [0.1, 0.15) is 336 Å². The SMILES string of the molecule is CCCCCCCC.CCCCCCCCCCCCCCCCCC(=O)OC(CCCCCCCCCCCCCCCC)C(=O)O.CCCCCCCCCCCCO. The lowest BCUT2D eigenvalue weighted by molar-refractivity contribution is -0.164. The molecule has 1 atom stereocenters. The maximum Gasteiger partial charge on any atom is 0.345 e. The van der Waals surface area contributed by atoms with Gasteiger partial charge in [0.25, 0.3) is 0 Å². The number of carboxylic acid groups (broad SMARTS) is 1. The molecule has 0 saturated heterocycles. The number of hydrogen-bond acceptors (Lipinski definition) is 4. The van der Waals surface area contributed by atoms with Crippen molar-refractivity contribution in [1.82, 2.24) is 0 Å². The van der Waals surface area contributed by atoms with Gasteiger partial charge >= 0.3 is 11.9 Å². The lowest BCUT2D eigenvalue weighted by Gasteiger charge is -2.13. The summed E-state index contributed by atoms with van der Waals surface area (Å²) in [6.45, 7) is 11.7. The smallest absolute Gasteiger partial charge is 0.345 e. The average molecular weight is 868 g/mol. The van der Waals surface area contributed by atoms with Crippen molar-refractivity contribution in [3.8, 4) is 0 Å². The number of hydrogen-bond donors (Lipinski definition) is 2. The minimum absolute atomic E-state index is 0.340. The summed E-state index contributed by atoms with van der Waals surface area (Å²) in [6.07, 6.45) is 58.8. The Balaban J connectivity index is -0.00000130. The third kappa shape index (κ3) is 63.3. The molecule has 2 N–H and O–H groups in total. The number of aliphatic carboxylic acids is 1. The zero-order valence-electron chi connectivity index (χ0n) is 42.6. The molecule has 0 heterocycles. The van der Waals surface area contributed by atoms with E-state index in [4.69, 9.17) is 9.84 Å². The standard InChI is InChI=1S/C36H70O4.C12H26O.C8H18/c1-3-5-7-9-11-13-15-17-19-21-23-25-27-29-31-33-35(37)40-34(36(38)39)32-30-28-26-24-22-20-18-16-14-12-10-8-6-4-2;1-2-3-4-5-6-7-8-9-10-11-12-13;1-3-5-7-8-6-4-2/h34H,3-33H2,1-2H3,(H,38,39);13H,2-12H2,1H3;3-8H2,1-2H3. The third-order valence-electron chi connectivity index (χ3n) is 12.3. The number of aliphatic hydroxyl groups excluding tert-OH is 1. The molecule has 61 heavy (non-hydrogen) atoms. The van der Waals surface area contributed by atoms with Gasteiger partial charge in [-0.15, -0.1) is 0 Å². The fourth-order valence-electron chi connectivity index (χ4n) is 8.07. The molecule has 0 radical (unpaired) electrons. The Labute approximate surface area is 384 Å². The quantitative estimate of drug-likeness (QED) is 0.0470. The summed E-state index contributed by atoms with van der Waals surface area (Å²) < 4.78 is 5.31. The van der Waals surface area contributed by atoms with Gasteiger partial charge in [0.2, 0.25) is 0 Å². The summed E-state index contributed by atoms with van der Waals surface area (Å²) >= 11 is 0. The van der Waals surface area contributed by atoms with Crippen LogP contribution < -0.4 is 0 Å². The molecule has 0 aromatic rings. The van der Waals surface area contributed by atoms with Gasteiger partial charge < -0.3 is 14.9 Å². The number of carbonyl (C=O) groups is 2. The monoisotopic (exact) mass is 867 g/mol. The molecule has 0 bridgehead atoms. The summed E-state index contributed by atoms with van der Waals surface area (Å²) in [5.74, 6) is -1.34. The second kappa shape index (κ2) is 61.0. The van der Waals surface area contributed by atoms with Gasteiger partial charge in [-0.05, 0) is 25.7 Å². The van der Waals surface area contributed by atoms with Crippen molar-refractivity contribution in [2.75, 3.05) is 6.61 Å². The minimum Gasteiger partial charge on any atom is -0.479 e. The van der Waals surface area contributed by atoms with Crippen LogP contribution in [-0.2, 0) is 14.3 Å². The second-order valence-electron chi connectivity index (χ2n) is 18.7. The van der Waals surface area contributed by atoms with Gasteiger partial charge in [-0.1, -0.05) is 304 Å². The largest absolute Gasteiger partial charge is 0.479 e. The van der Waals surface area contributed by atoms with E-state index in [9.17, 15) is 14.7 Å². The first-order valence-corrected chi connectivity index (χ1v) is 28.0. The van der Waals surface area contributed by atoms with E-state index in [-0.39, 0.29) is 5.97 Å². The highest BCUT2D eigenvalue weighted by Gasteiger charge is 2.21. The lowest BCUT2D eigenvalue weighted by atomic mass is 10.0. The first-order valence-electron chi connectivity index (χ1n) is 28.0. The van der Waals surface area contributed by atoms with Crippen LogP contribution in [0.4, 0.5) is 0 Å². The Morgan fingerprint density at radius 3 is 0.770 bits per heavy atom. The number of unbranched alkanes of at least 4 members (excludes halogenated alkanes) is 41. The predicted octanol–water partition coefficient (Wildman–Crippen LogP) is 19.4. The summed E-state index contributed by atoms with van der Waals surface area (Å²) in [5, 5.41) is 18.0. The van der Waals surface area contributed by atoms with Crippen molar-refractivity contribution in [2.45, 2.75) is 343 Å². The molecule has 0 aromatic carbocycles. The van der Waals surface area contributed by atoms with E-state index in [0.29, 0.717) is 19.4 Å². The molecule has 1 unspecified atom stereocenters. The molecule has 0 aliphatic heterocycles. The van der Waals surface area contributed by atoms with E-state index in [0.717, 1.165) is 44.9 Å². The summed E-state index contributed by atoms with van der Waals surface area (Å²) in [6, 6.07) is 0. The molecular formula is C56H114O5. The predicted molar refractivity (Wildman–Crippen MR) is 270 cm³/mol. The lowest BCUT2D eigenvalue weighted by Crippen LogP contribution is -2.27. The van der Waals surface area contributed by atoms with E-state index in [1.165, 1.54) is 244 Å². The maximum absolute atomic E-state index is 12.2. The molecule has 0 spiro atoms. The first kappa shape index (κ1) is 64.2. The van der Waals surface area contributed by atoms with E-state index >= 15 is 0 Å². The van der Waals surface area contributed by atoms with Crippen LogP contribution in [0, 0.1) is 0 Å². The van der Waals surface area contributed by atoms with E-state index in [2.05, 4.69) is 34.6 Å². The molecule has 368 valence electrons. The van der Waals surface area contributed by atoms with Gasteiger partial charge in [-0.3, -0.25) is 4.79 Å². The first-order chi connectivity index (χ1) is 29.9. The van der Waals surface area contributed by atoms with Gasteiger partial charge in [0.05, 0.1) is 0 Å². The van der Waals surface area contributed by atoms with Crippen molar-refractivity contribution in [1.29, 1.82) is 0 Å². The maximum atomic E-state index is 12.2. The van der Waals surface area contributed by atoms with Gasteiger partial charge in [-0.2, -0.15) is 0 Å². The molecule has 0 fully saturated rings. The van der Waals surface area contributed by atoms with E-state index in [1.54, 1.807) is 0 Å². The van der Waals surface area contributed by atoms with Gasteiger partial charge in [0.15, 0.2) is 6.10 Å². The molecule has 5 nitrogen and oxygen atoms in total. The molecule has 5 heteroatoms. The number of carboxylic acids is 1. The number of rotatable bonds is 48. The second-order valence-corrected chi connectivity index (χ2v) is 18.7. The Morgan fingerprint density at radius 2 is 0.541 bits per heavy atom. The summed E-state index contributed by atoms with van der Waals surface area (Å²) in [5.41, 5.74) is 0. The van der Waals surface area contributed by atoms with Gasteiger partial charge in [0, 0.05) is 13.0 Å². The highest BCUT2D eigenvalue weighted by molar-refractivity contribution is 5.77. The normalized spacial score (nSPS) is 11.4. The third-order valence-corrected chi connectivity index (χ3v) is 12.3. The molecule has 0 aromatic heterocycles. The molecule has 0 aliphatic carbocycles. The van der Waals surface area contributed by atoms with E-state index < -0.39 is 12.1 Å². The summed E-state index contributed by atoms with van der Waals surface area (Å²) in [4.78, 5) is 23.7. The van der Waals surface area contributed by atoms with Crippen molar-refractivity contribution in [3.05, 3.63) is 0 Å². The molecule has 0 rings (SSSR count). The zero-order valence-corrected chi connectivity index (χ0v) is 42.6. The molecule has 0 amide bonds. The number of esters is 1. The number of ether oxygens (including phenoxy) is 1. The van der Waals surface area contributed by atoms with Gasteiger partial charge in [-0.25, -0.2) is 4.79 Å². The zero-order chi connectivity index (χ0) is 45.4. The Kier molecular flexibility index (Phi) is 64.2. The van der Waals surface area contributed by atoms with Crippen LogP contribution in [0.5, 0.6) is 0 Å². The fraction of sp³-hybridized carbons (Fsp3) is 0.964. The van der Waals surface area contributed by atoms with Crippen LogP contribution in [0.3, 0.4) is 0 Å². The topological polar surface area (TPSA) is 83.8 Å². The van der Waals surface area contributed by atoms with Crippen molar-refractivity contribution in [2.24, 2.45) is 0 Å².